The Morgan fingerprint density at radius 2 is 2.12 bits per heavy atom. The molecule has 1 heterocycles. The summed E-state index contributed by atoms with van der Waals surface area (Å²) in [5, 5.41) is 2.83. The normalized spacial score (nSPS) is 22.5. The number of rotatable bonds is 6. The van der Waals surface area contributed by atoms with Gasteiger partial charge in [0.25, 0.3) is 5.91 Å². The lowest BCUT2D eigenvalue weighted by molar-refractivity contribution is -0.147. The Hall–Kier alpha value is -0.650. The highest BCUT2D eigenvalue weighted by atomic mass is 16.6. The zero-order chi connectivity index (χ0) is 12.7. The first-order chi connectivity index (χ1) is 8.19. The molecule has 0 saturated carbocycles. The summed E-state index contributed by atoms with van der Waals surface area (Å²) in [6, 6.07) is 0.0125. The summed E-state index contributed by atoms with van der Waals surface area (Å²) in [5.41, 5.74) is 6.03. The molecule has 17 heavy (non-hydrogen) atoms. The quantitative estimate of drug-likeness (QED) is 0.704. The molecule has 1 amide bonds. The van der Waals surface area contributed by atoms with Crippen LogP contribution in [0.3, 0.4) is 0 Å². The average Bonchev–Trinajstić information content (AvgIpc) is 2.38. The minimum Gasteiger partial charge on any atom is -0.376 e. The number of carbonyl (C=O) groups is 1. The molecule has 0 aromatic rings. The van der Waals surface area contributed by atoms with Crippen LogP contribution in [0, 0.1) is 5.92 Å². The van der Waals surface area contributed by atoms with Gasteiger partial charge in [0.05, 0.1) is 19.8 Å². The van der Waals surface area contributed by atoms with E-state index in [4.69, 9.17) is 15.2 Å². The largest absolute Gasteiger partial charge is 0.376 e. The van der Waals surface area contributed by atoms with Gasteiger partial charge >= 0.3 is 0 Å². The fourth-order valence-corrected chi connectivity index (χ4v) is 2.03. The molecule has 1 rings (SSSR count). The van der Waals surface area contributed by atoms with E-state index in [0.29, 0.717) is 32.3 Å². The Labute approximate surface area is 103 Å². The Kier molecular flexibility index (Phi) is 6.47. The van der Waals surface area contributed by atoms with Crippen LogP contribution in [0.1, 0.15) is 26.7 Å². The van der Waals surface area contributed by atoms with Gasteiger partial charge in [-0.15, -0.1) is 0 Å². The molecule has 5 heteroatoms. The van der Waals surface area contributed by atoms with Crippen molar-refractivity contribution in [2.75, 3.05) is 26.4 Å². The van der Waals surface area contributed by atoms with Crippen molar-refractivity contribution in [3.8, 4) is 0 Å². The van der Waals surface area contributed by atoms with Gasteiger partial charge < -0.3 is 20.5 Å². The minimum atomic E-state index is -0.474. The molecule has 0 aromatic carbocycles. The van der Waals surface area contributed by atoms with Crippen molar-refractivity contribution in [1.82, 2.24) is 5.32 Å². The first-order valence-corrected chi connectivity index (χ1v) is 6.41. The van der Waals surface area contributed by atoms with Crippen LogP contribution in [0.25, 0.3) is 0 Å². The third-order valence-electron chi connectivity index (χ3n) is 3.27. The van der Waals surface area contributed by atoms with Gasteiger partial charge in [-0.3, -0.25) is 4.79 Å². The van der Waals surface area contributed by atoms with Gasteiger partial charge in [-0.25, -0.2) is 0 Å². The summed E-state index contributed by atoms with van der Waals surface area (Å²) < 4.78 is 10.5. The van der Waals surface area contributed by atoms with Gasteiger partial charge in [-0.2, -0.15) is 0 Å². The van der Waals surface area contributed by atoms with Crippen LogP contribution in [-0.2, 0) is 14.3 Å². The van der Waals surface area contributed by atoms with E-state index in [-0.39, 0.29) is 11.9 Å². The lowest BCUT2D eigenvalue weighted by Crippen LogP contribution is -2.48. The summed E-state index contributed by atoms with van der Waals surface area (Å²) in [7, 11) is 0. The van der Waals surface area contributed by atoms with Gasteiger partial charge in [0.15, 0.2) is 6.10 Å². The van der Waals surface area contributed by atoms with Gasteiger partial charge in [0, 0.05) is 12.6 Å². The molecule has 1 fully saturated rings. The van der Waals surface area contributed by atoms with Crippen LogP contribution in [-0.4, -0.2) is 44.4 Å². The maximum atomic E-state index is 11.7. The maximum Gasteiger partial charge on any atom is 0.251 e. The third-order valence-corrected chi connectivity index (χ3v) is 3.27. The molecule has 1 aliphatic heterocycles. The van der Waals surface area contributed by atoms with Crippen molar-refractivity contribution in [3.63, 3.8) is 0 Å². The highest BCUT2D eigenvalue weighted by molar-refractivity contribution is 5.81. The predicted octanol–water partition coefficient (Wildman–Crippen LogP) is 0.282. The molecule has 1 aliphatic rings. The summed E-state index contributed by atoms with van der Waals surface area (Å²) in [6.45, 7) is 6.13. The third kappa shape index (κ3) is 4.61. The van der Waals surface area contributed by atoms with Crippen molar-refractivity contribution >= 4 is 5.91 Å². The molecule has 1 saturated heterocycles. The van der Waals surface area contributed by atoms with Crippen molar-refractivity contribution < 1.29 is 14.3 Å². The second-order valence-corrected chi connectivity index (χ2v) is 4.42. The number of ether oxygens (including phenoxy) is 2. The van der Waals surface area contributed by atoms with E-state index < -0.39 is 6.10 Å². The minimum absolute atomic E-state index is 0.0125. The Morgan fingerprint density at radius 1 is 1.41 bits per heavy atom. The smallest absolute Gasteiger partial charge is 0.251 e. The molecule has 0 aliphatic carbocycles. The van der Waals surface area contributed by atoms with Crippen LogP contribution in [0.2, 0.25) is 0 Å². The standard InChI is InChI=1S/C12H24N2O3/c1-3-9(4-2)10(13)7-14-12(15)11-8-16-5-6-17-11/h9-11H,3-8,13H2,1-2H3,(H,14,15). The zero-order valence-electron chi connectivity index (χ0n) is 10.8. The number of amides is 1. The Morgan fingerprint density at radius 3 is 2.65 bits per heavy atom. The van der Waals surface area contributed by atoms with E-state index >= 15 is 0 Å². The average molecular weight is 244 g/mol. The van der Waals surface area contributed by atoms with Crippen LogP contribution in [0.4, 0.5) is 0 Å². The molecule has 2 atom stereocenters. The van der Waals surface area contributed by atoms with Gasteiger partial charge in [0.2, 0.25) is 0 Å². The van der Waals surface area contributed by atoms with Crippen LogP contribution in [0.5, 0.6) is 0 Å². The van der Waals surface area contributed by atoms with Crippen molar-refractivity contribution in [2.24, 2.45) is 11.7 Å². The second kappa shape index (κ2) is 7.63. The van der Waals surface area contributed by atoms with Crippen molar-refractivity contribution in [2.45, 2.75) is 38.8 Å². The van der Waals surface area contributed by atoms with E-state index in [2.05, 4.69) is 19.2 Å². The molecule has 2 unspecified atom stereocenters. The van der Waals surface area contributed by atoms with E-state index in [1.807, 2.05) is 0 Å². The number of hydrogen-bond acceptors (Lipinski definition) is 4. The summed E-state index contributed by atoms with van der Waals surface area (Å²) in [4.78, 5) is 11.7. The fourth-order valence-electron chi connectivity index (χ4n) is 2.03. The number of carbonyl (C=O) groups excluding carboxylic acids is 1. The lowest BCUT2D eigenvalue weighted by atomic mass is 9.95. The Balaban J connectivity index is 2.26. The first kappa shape index (κ1) is 14.4. The van der Waals surface area contributed by atoms with Gasteiger partial charge in [-0.05, 0) is 5.92 Å². The second-order valence-electron chi connectivity index (χ2n) is 4.42. The molecule has 5 nitrogen and oxygen atoms in total. The van der Waals surface area contributed by atoms with E-state index in [9.17, 15) is 4.79 Å². The lowest BCUT2D eigenvalue weighted by Gasteiger charge is -2.25. The van der Waals surface area contributed by atoms with Gasteiger partial charge in [-0.1, -0.05) is 26.7 Å². The van der Waals surface area contributed by atoms with Gasteiger partial charge in [0.1, 0.15) is 0 Å². The van der Waals surface area contributed by atoms with Crippen LogP contribution >= 0.6 is 0 Å². The molecule has 3 N–H and O–H groups in total. The van der Waals surface area contributed by atoms with Crippen LogP contribution in [0.15, 0.2) is 0 Å². The molecular weight excluding hydrogens is 220 g/mol. The molecule has 100 valence electrons. The summed E-state index contributed by atoms with van der Waals surface area (Å²) >= 11 is 0. The number of nitrogens with two attached hydrogens (primary N) is 1. The summed E-state index contributed by atoms with van der Waals surface area (Å²) in [5.74, 6) is 0.338. The molecule has 0 bridgehead atoms. The van der Waals surface area contributed by atoms with E-state index in [0.717, 1.165) is 12.8 Å². The van der Waals surface area contributed by atoms with Crippen molar-refractivity contribution in [1.29, 1.82) is 0 Å². The van der Waals surface area contributed by atoms with Crippen molar-refractivity contribution in [3.05, 3.63) is 0 Å². The SMILES string of the molecule is CCC(CC)C(N)CNC(=O)C1COCCO1. The predicted molar refractivity (Wildman–Crippen MR) is 65.6 cm³/mol. The summed E-state index contributed by atoms with van der Waals surface area (Å²) in [6.07, 6.45) is 1.60. The first-order valence-electron chi connectivity index (χ1n) is 6.41. The van der Waals surface area contributed by atoms with Crippen LogP contribution < -0.4 is 11.1 Å². The zero-order valence-corrected chi connectivity index (χ0v) is 10.8. The number of nitrogens with one attached hydrogen (secondary N) is 1. The highest BCUT2D eigenvalue weighted by Gasteiger charge is 2.23. The topological polar surface area (TPSA) is 73.6 Å². The molecule has 0 radical (unpaired) electrons. The monoisotopic (exact) mass is 244 g/mol. The molecule has 0 aromatic heterocycles. The maximum absolute atomic E-state index is 11.7. The van der Waals surface area contributed by atoms with E-state index in [1.54, 1.807) is 0 Å². The van der Waals surface area contributed by atoms with E-state index in [1.165, 1.54) is 0 Å². The highest BCUT2D eigenvalue weighted by Crippen LogP contribution is 2.10. The number of hydrogen-bond donors (Lipinski definition) is 2. The Bertz CT molecular complexity index is 226. The fraction of sp³-hybridized carbons (Fsp3) is 0.917. The molecule has 0 spiro atoms. The molecular formula is C12H24N2O3.